The monoisotopic (exact) mass is 444 g/mol. The van der Waals surface area contributed by atoms with Crippen LogP contribution in [0.5, 0.6) is 0 Å². The van der Waals surface area contributed by atoms with E-state index in [1.165, 1.54) is 17.0 Å². The van der Waals surface area contributed by atoms with Crippen LogP contribution in [0.2, 0.25) is 0 Å². The van der Waals surface area contributed by atoms with Crippen molar-refractivity contribution < 1.29 is 9.18 Å². The number of urea groups is 1. The summed E-state index contributed by atoms with van der Waals surface area (Å²) in [5.74, 6) is 0.149. The smallest absolute Gasteiger partial charge is 0.323 e. The highest BCUT2D eigenvalue weighted by Gasteiger charge is 2.38. The number of aliphatic imine (C=N–C) groups is 1. The van der Waals surface area contributed by atoms with Crippen LogP contribution >= 0.6 is 0 Å². The number of aryl methyl sites for hydroxylation is 1. The first-order chi connectivity index (χ1) is 16.2. The average molecular weight is 445 g/mol. The van der Waals surface area contributed by atoms with Crippen LogP contribution in [-0.4, -0.2) is 44.4 Å². The van der Waals surface area contributed by atoms with Crippen molar-refractivity contribution in [3.63, 3.8) is 0 Å². The Labute approximate surface area is 191 Å². The molecule has 1 aliphatic heterocycles. The number of amides is 2. The van der Waals surface area contributed by atoms with E-state index in [4.69, 9.17) is 4.99 Å². The lowest BCUT2D eigenvalue weighted by Crippen LogP contribution is -2.31. The second kappa shape index (κ2) is 9.28. The number of H-pyrrole nitrogens is 1. The predicted molar refractivity (Wildman–Crippen MR) is 126 cm³/mol. The molecule has 1 fully saturated rings. The van der Waals surface area contributed by atoms with Crippen LogP contribution in [-0.2, 0) is 13.0 Å². The lowest BCUT2D eigenvalue weighted by atomic mass is 10.0. The molecule has 0 saturated carbocycles. The number of amidine groups is 1. The maximum absolute atomic E-state index is 14.7. The van der Waals surface area contributed by atoms with E-state index in [1.807, 2.05) is 35.2 Å². The van der Waals surface area contributed by atoms with E-state index in [-0.39, 0.29) is 11.8 Å². The van der Waals surface area contributed by atoms with E-state index in [0.29, 0.717) is 30.9 Å². The predicted octanol–water partition coefficient (Wildman–Crippen LogP) is 4.30. The van der Waals surface area contributed by atoms with Gasteiger partial charge in [-0.2, -0.15) is 0 Å². The number of para-hydroxylation sites is 1. The molecule has 4 aromatic rings. The molecule has 33 heavy (non-hydrogen) atoms. The number of fused-ring (bicyclic) bond motifs is 1. The third-order valence-corrected chi connectivity index (χ3v) is 5.98. The van der Waals surface area contributed by atoms with Crippen LogP contribution < -0.4 is 5.32 Å². The van der Waals surface area contributed by atoms with Crippen LogP contribution in [0.4, 0.5) is 9.18 Å². The highest BCUT2D eigenvalue weighted by atomic mass is 19.1. The molecule has 7 nitrogen and oxygen atoms in total. The van der Waals surface area contributed by atoms with Crippen LogP contribution in [0.25, 0.3) is 10.9 Å². The molecule has 3 heterocycles. The van der Waals surface area contributed by atoms with Gasteiger partial charge in [0.1, 0.15) is 17.7 Å². The molecule has 0 aliphatic carbocycles. The number of imidazole rings is 1. The molecule has 1 aliphatic rings. The van der Waals surface area contributed by atoms with Gasteiger partial charge < -0.3 is 14.5 Å². The highest BCUT2D eigenvalue weighted by molar-refractivity contribution is 6.07. The molecule has 1 saturated heterocycles. The second-order valence-corrected chi connectivity index (χ2v) is 8.08. The Bertz CT molecular complexity index is 1280. The van der Waals surface area contributed by atoms with Gasteiger partial charge in [-0.1, -0.05) is 36.4 Å². The standard InChI is InChI=1S/C25H25FN6O/c26-21-8-3-1-7-20(21)23-24(28-11-10-18-16-29-22-9-4-2-6-19(18)22)30-25(33)32(23)14-5-13-31-15-12-27-17-31/h1-4,6-9,12,15-17,23,29H,5,10-11,13-14H2,(H,28,30,33). The molecule has 1 atom stereocenters. The Morgan fingerprint density at radius 3 is 2.79 bits per heavy atom. The minimum Gasteiger partial charge on any atom is -0.361 e. The van der Waals surface area contributed by atoms with E-state index in [9.17, 15) is 9.18 Å². The Kier molecular flexibility index (Phi) is 5.89. The topological polar surface area (TPSA) is 78.3 Å². The van der Waals surface area contributed by atoms with Crippen molar-refractivity contribution in [2.75, 3.05) is 13.1 Å². The maximum atomic E-state index is 14.7. The zero-order valence-corrected chi connectivity index (χ0v) is 18.1. The SMILES string of the molecule is O=C1NC(=NCCc2c[nH]c3ccccc23)C(c2ccccc2F)N1CCCn1ccnc1. The molecule has 2 N–H and O–H groups in total. The van der Waals surface area contributed by atoms with E-state index >= 15 is 0 Å². The minimum absolute atomic E-state index is 0.250. The van der Waals surface area contributed by atoms with Crippen LogP contribution in [0.3, 0.4) is 0 Å². The lowest BCUT2D eigenvalue weighted by Gasteiger charge is -2.23. The molecule has 5 rings (SSSR count). The second-order valence-electron chi connectivity index (χ2n) is 8.08. The van der Waals surface area contributed by atoms with Crippen molar-refractivity contribution in [3.05, 3.63) is 90.4 Å². The van der Waals surface area contributed by atoms with E-state index in [0.717, 1.165) is 18.5 Å². The fraction of sp³-hybridized carbons (Fsp3) is 0.240. The summed E-state index contributed by atoms with van der Waals surface area (Å²) >= 11 is 0. The van der Waals surface area contributed by atoms with Crippen molar-refractivity contribution in [2.24, 2.45) is 4.99 Å². The largest absolute Gasteiger partial charge is 0.361 e. The number of aromatic nitrogens is 3. The summed E-state index contributed by atoms with van der Waals surface area (Å²) in [5, 5.41) is 4.05. The number of carbonyl (C=O) groups excluding carboxylic acids is 1. The summed E-state index contributed by atoms with van der Waals surface area (Å²) in [5.41, 5.74) is 2.70. The quantitative estimate of drug-likeness (QED) is 0.425. The van der Waals surface area contributed by atoms with Gasteiger partial charge in [0.25, 0.3) is 0 Å². The van der Waals surface area contributed by atoms with Crippen LogP contribution in [0.15, 0.2) is 78.4 Å². The fourth-order valence-corrected chi connectivity index (χ4v) is 4.36. The Balaban J connectivity index is 1.35. The molecule has 168 valence electrons. The summed E-state index contributed by atoms with van der Waals surface area (Å²) in [6.07, 6.45) is 8.79. The molecule has 0 radical (unpaired) electrons. The van der Waals surface area contributed by atoms with Crippen molar-refractivity contribution in [3.8, 4) is 0 Å². The highest BCUT2D eigenvalue weighted by Crippen LogP contribution is 2.29. The number of halogens is 1. The minimum atomic E-state index is -0.565. The van der Waals surface area contributed by atoms with Gasteiger partial charge in [-0.25, -0.2) is 14.2 Å². The van der Waals surface area contributed by atoms with Crippen LogP contribution in [0, 0.1) is 5.82 Å². The molecular weight excluding hydrogens is 419 g/mol. The molecule has 2 aromatic heterocycles. The normalized spacial score (nSPS) is 17.2. The fourth-order valence-electron chi connectivity index (χ4n) is 4.36. The van der Waals surface area contributed by atoms with Gasteiger partial charge in [-0.3, -0.25) is 10.3 Å². The van der Waals surface area contributed by atoms with E-state index in [1.54, 1.807) is 35.6 Å². The summed E-state index contributed by atoms with van der Waals surface area (Å²) in [6, 6.07) is 13.9. The number of rotatable bonds is 8. The third-order valence-electron chi connectivity index (χ3n) is 5.98. The Morgan fingerprint density at radius 1 is 1.09 bits per heavy atom. The van der Waals surface area contributed by atoms with Crippen molar-refractivity contribution >= 4 is 22.8 Å². The molecule has 8 heteroatoms. The molecule has 0 bridgehead atoms. The number of hydrogen-bond donors (Lipinski definition) is 2. The number of carbonyl (C=O) groups is 1. The summed E-state index contributed by atoms with van der Waals surface area (Å²) < 4.78 is 16.7. The van der Waals surface area contributed by atoms with Crippen LogP contribution in [0.1, 0.15) is 23.6 Å². The molecule has 0 spiro atoms. The number of aromatic amines is 1. The van der Waals surface area contributed by atoms with Gasteiger partial charge in [-0.05, 0) is 30.5 Å². The van der Waals surface area contributed by atoms with Gasteiger partial charge in [-0.15, -0.1) is 0 Å². The molecule has 1 unspecified atom stereocenters. The molecule has 2 aromatic carbocycles. The number of benzene rings is 2. The zero-order valence-electron chi connectivity index (χ0n) is 18.1. The molecular formula is C25H25FN6O. The first kappa shape index (κ1) is 20.9. The summed E-state index contributed by atoms with van der Waals surface area (Å²) in [6.45, 7) is 1.69. The number of nitrogens with zero attached hydrogens (tertiary/aromatic N) is 4. The van der Waals surface area contributed by atoms with Crippen molar-refractivity contribution in [1.29, 1.82) is 0 Å². The van der Waals surface area contributed by atoms with Gasteiger partial charge in [0.15, 0.2) is 0 Å². The first-order valence-corrected chi connectivity index (χ1v) is 11.1. The van der Waals surface area contributed by atoms with Gasteiger partial charge in [0.2, 0.25) is 0 Å². The van der Waals surface area contributed by atoms with Crippen molar-refractivity contribution in [1.82, 2.24) is 24.8 Å². The lowest BCUT2D eigenvalue weighted by molar-refractivity contribution is 0.203. The van der Waals surface area contributed by atoms with E-state index < -0.39 is 6.04 Å². The maximum Gasteiger partial charge on any atom is 0.323 e. The number of nitrogens with one attached hydrogen (secondary N) is 2. The average Bonchev–Trinajstić information content (AvgIpc) is 3.55. The Hall–Kier alpha value is -3.94. The summed E-state index contributed by atoms with van der Waals surface area (Å²) in [4.78, 5) is 26.5. The third kappa shape index (κ3) is 4.37. The zero-order chi connectivity index (χ0) is 22.6. The van der Waals surface area contributed by atoms with Gasteiger partial charge >= 0.3 is 6.03 Å². The Morgan fingerprint density at radius 2 is 1.94 bits per heavy atom. The number of hydrogen-bond acceptors (Lipinski definition) is 3. The van der Waals surface area contributed by atoms with Crippen molar-refractivity contribution in [2.45, 2.75) is 25.4 Å². The van der Waals surface area contributed by atoms with E-state index in [2.05, 4.69) is 21.4 Å². The molecule has 2 amide bonds. The summed E-state index contributed by atoms with van der Waals surface area (Å²) in [7, 11) is 0. The van der Waals surface area contributed by atoms with Gasteiger partial charge in [0.05, 0.1) is 6.33 Å². The first-order valence-electron chi connectivity index (χ1n) is 11.1. The van der Waals surface area contributed by atoms with Gasteiger partial charge in [0, 0.05) is 54.7 Å².